The number of carboxylic acid groups (broad SMARTS) is 1. The lowest BCUT2D eigenvalue weighted by molar-refractivity contribution is -0.147. The van der Waals surface area contributed by atoms with E-state index in [1.807, 2.05) is 0 Å². The third-order valence-electron chi connectivity index (χ3n) is 4.49. The van der Waals surface area contributed by atoms with E-state index in [0.717, 1.165) is 31.7 Å². The molecule has 0 spiro atoms. The Labute approximate surface area is 110 Å². The minimum Gasteiger partial charge on any atom is -0.480 e. The van der Waals surface area contributed by atoms with Gasteiger partial charge in [-0.15, -0.1) is 0 Å². The lowest BCUT2D eigenvalue weighted by atomic mass is 9.73. The molecule has 104 valence electrons. The summed E-state index contributed by atoms with van der Waals surface area (Å²) >= 11 is 0. The van der Waals surface area contributed by atoms with E-state index >= 15 is 0 Å². The topological polar surface area (TPSA) is 49.3 Å². The lowest BCUT2D eigenvalue weighted by Crippen LogP contribution is -2.55. The Kier molecular flexibility index (Phi) is 4.31. The second-order valence-corrected chi connectivity index (χ2v) is 6.80. The molecule has 0 aromatic carbocycles. The van der Waals surface area contributed by atoms with Crippen LogP contribution in [0.15, 0.2) is 0 Å². The Morgan fingerprint density at radius 2 is 2.06 bits per heavy atom. The molecule has 0 bridgehead atoms. The molecule has 0 saturated heterocycles. The molecule has 2 aliphatic rings. The summed E-state index contributed by atoms with van der Waals surface area (Å²) in [5, 5.41) is 13.0. The maximum atomic E-state index is 11.7. The van der Waals surface area contributed by atoms with Crippen LogP contribution in [0.5, 0.6) is 0 Å². The number of aliphatic carboxylic acids is 1. The van der Waals surface area contributed by atoms with Crippen LogP contribution in [-0.4, -0.2) is 23.2 Å². The van der Waals surface area contributed by atoms with Crippen LogP contribution in [0.3, 0.4) is 0 Å². The molecular weight excluding hydrogens is 226 g/mol. The molecule has 2 unspecified atom stereocenters. The van der Waals surface area contributed by atoms with Crippen LogP contribution < -0.4 is 5.32 Å². The quantitative estimate of drug-likeness (QED) is 0.765. The van der Waals surface area contributed by atoms with Crippen molar-refractivity contribution in [1.29, 1.82) is 0 Å². The van der Waals surface area contributed by atoms with Crippen molar-refractivity contribution < 1.29 is 9.90 Å². The van der Waals surface area contributed by atoms with Crippen LogP contribution in [0.25, 0.3) is 0 Å². The fourth-order valence-corrected chi connectivity index (χ4v) is 3.35. The van der Waals surface area contributed by atoms with Gasteiger partial charge in [0.1, 0.15) is 5.54 Å². The highest BCUT2D eigenvalue weighted by atomic mass is 16.4. The summed E-state index contributed by atoms with van der Waals surface area (Å²) in [5.74, 6) is 1.37. The zero-order valence-electron chi connectivity index (χ0n) is 11.7. The maximum absolute atomic E-state index is 11.7. The Morgan fingerprint density at radius 3 is 2.61 bits per heavy atom. The van der Waals surface area contributed by atoms with Crippen molar-refractivity contribution in [2.75, 3.05) is 6.54 Å². The smallest absolute Gasteiger partial charge is 0.323 e. The highest BCUT2D eigenvalue weighted by Gasteiger charge is 2.43. The molecule has 2 aliphatic carbocycles. The highest BCUT2D eigenvalue weighted by molar-refractivity contribution is 5.79. The van der Waals surface area contributed by atoms with Gasteiger partial charge in [-0.2, -0.15) is 0 Å². The minimum atomic E-state index is -0.628. The summed E-state index contributed by atoms with van der Waals surface area (Å²) in [6.07, 6.45) is 7.62. The predicted octanol–water partition coefficient (Wildman–Crippen LogP) is 3.05. The van der Waals surface area contributed by atoms with Gasteiger partial charge in [0.15, 0.2) is 0 Å². The van der Waals surface area contributed by atoms with Gasteiger partial charge in [0.05, 0.1) is 0 Å². The molecule has 0 heterocycles. The van der Waals surface area contributed by atoms with Crippen molar-refractivity contribution in [3.05, 3.63) is 0 Å². The normalized spacial score (nSPS) is 32.7. The predicted molar refractivity (Wildman–Crippen MR) is 72.5 cm³/mol. The molecule has 0 aromatic rings. The van der Waals surface area contributed by atoms with Gasteiger partial charge < -0.3 is 10.4 Å². The Balaban J connectivity index is 1.95. The summed E-state index contributed by atoms with van der Waals surface area (Å²) < 4.78 is 0. The Bertz CT molecular complexity index is 299. The van der Waals surface area contributed by atoms with E-state index in [1.165, 1.54) is 25.7 Å². The van der Waals surface area contributed by atoms with E-state index in [1.54, 1.807) is 0 Å². The van der Waals surface area contributed by atoms with Crippen molar-refractivity contribution in [1.82, 2.24) is 5.32 Å². The standard InChI is InChI=1S/C15H27NO2/c1-11(2)8-13-4-3-7-15(9-13,14(17)18)16-10-12-5-6-12/h11-13,16H,3-10H2,1-2H3,(H,17,18). The van der Waals surface area contributed by atoms with E-state index < -0.39 is 11.5 Å². The van der Waals surface area contributed by atoms with E-state index in [9.17, 15) is 9.90 Å². The van der Waals surface area contributed by atoms with Crippen LogP contribution in [0.1, 0.15) is 58.8 Å². The molecule has 0 radical (unpaired) electrons. The first-order valence-electron chi connectivity index (χ1n) is 7.50. The van der Waals surface area contributed by atoms with Crippen molar-refractivity contribution in [3.8, 4) is 0 Å². The molecule has 2 fully saturated rings. The van der Waals surface area contributed by atoms with Crippen molar-refractivity contribution in [2.45, 2.75) is 64.3 Å². The number of hydrogen-bond acceptors (Lipinski definition) is 2. The second kappa shape index (κ2) is 5.60. The van der Waals surface area contributed by atoms with Gasteiger partial charge in [-0.1, -0.05) is 26.7 Å². The number of hydrogen-bond donors (Lipinski definition) is 2. The molecule has 2 N–H and O–H groups in total. The molecule has 0 aromatic heterocycles. The molecular formula is C15H27NO2. The van der Waals surface area contributed by atoms with Crippen LogP contribution in [0.2, 0.25) is 0 Å². The lowest BCUT2D eigenvalue weighted by Gasteiger charge is -2.39. The van der Waals surface area contributed by atoms with E-state index in [-0.39, 0.29) is 0 Å². The molecule has 3 nitrogen and oxygen atoms in total. The van der Waals surface area contributed by atoms with Gasteiger partial charge in [-0.3, -0.25) is 4.79 Å². The second-order valence-electron chi connectivity index (χ2n) is 6.80. The highest BCUT2D eigenvalue weighted by Crippen LogP contribution is 2.37. The SMILES string of the molecule is CC(C)CC1CCCC(NCC2CC2)(C(=O)O)C1. The van der Waals surface area contributed by atoms with Crippen LogP contribution in [0.4, 0.5) is 0 Å². The van der Waals surface area contributed by atoms with Crippen molar-refractivity contribution in [2.24, 2.45) is 17.8 Å². The van der Waals surface area contributed by atoms with Gasteiger partial charge in [0, 0.05) is 0 Å². The molecule has 18 heavy (non-hydrogen) atoms. The zero-order chi connectivity index (χ0) is 13.2. The summed E-state index contributed by atoms with van der Waals surface area (Å²) in [6, 6.07) is 0. The third-order valence-corrected chi connectivity index (χ3v) is 4.49. The number of carboxylic acids is 1. The van der Waals surface area contributed by atoms with E-state index in [2.05, 4.69) is 19.2 Å². The average Bonchev–Trinajstić information content (AvgIpc) is 3.09. The molecule has 0 amide bonds. The Morgan fingerprint density at radius 1 is 1.33 bits per heavy atom. The number of nitrogens with one attached hydrogen (secondary N) is 1. The molecule has 0 aliphatic heterocycles. The maximum Gasteiger partial charge on any atom is 0.323 e. The summed E-state index contributed by atoms with van der Waals surface area (Å²) in [5.41, 5.74) is -0.625. The van der Waals surface area contributed by atoms with Crippen LogP contribution in [0, 0.1) is 17.8 Å². The summed E-state index contributed by atoms with van der Waals surface area (Å²) in [4.78, 5) is 11.7. The fourth-order valence-electron chi connectivity index (χ4n) is 3.35. The van der Waals surface area contributed by atoms with Gasteiger partial charge in [-0.25, -0.2) is 0 Å². The van der Waals surface area contributed by atoms with Gasteiger partial charge in [0.25, 0.3) is 0 Å². The van der Waals surface area contributed by atoms with Gasteiger partial charge >= 0.3 is 5.97 Å². The molecule has 2 rings (SSSR count). The van der Waals surface area contributed by atoms with Crippen molar-refractivity contribution in [3.63, 3.8) is 0 Å². The minimum absolute atomic E-state index is 0.585. The van der Waals surface area contributed by atoms with Crippen LogP contribution in [-0.2, 0) is 4.79 Å². The Hall–Kier alpha value is -0.570. The molecule has 3 heteroatoms. The molecule has 2 saturated carbocycles. The first-order chi connectivity index (χ1) is 8.52. The van der Waals surface area contributed by atoms with Crippen molar-refractivity contribution >= 4 is 5.97 Å². The first-order valence-corrected chi connectivity index (χ1v) is 7.50. The molecule has 2 atom stereocenters. The first kappa shape index (κ1) is 13.9. The largest absolute Gasteiger partial charge is 0.480 e. The summed E-state index contributed by atoms with van der Waals surface area (Å²) in [7, 11) is 0. The van der Waals surface area contributed by atoms with E-state index in [4.69, 9.17) is 0 Å². The monoisotopic (exact) mass is 253 g/mol. The third kappa shape index (κ3) is 3.47. The fraction of sp³-hybridized carbons (Fsp3) is 0.933. The van der Waals surface area contributed by atoms with Gasteiger partial charge in [-0.05, 0) is 56.4 Å². The average molecular weight is 253 g/mol. The number of rotatable bonds is 6. The van der Waals surface area contributed by atoms with E-state index in [0.29, 0.717) is 11.8 Å². The van der Waals surface area contributed by atoms with Crippen LogP contribution >= 0.6 is 0 Å². The van der Waals surface area contributed by atoms with Gasteiger partial charge in [0.2, 0.25) is 0 Å². The number of carbonyl (C=O) groups is 1. The summed E-state index contributed by atoms with van der Waals surface area (Å²) in [6.45, 7) is 5.37. The zero-order valence-corrected chi connectivity index (χ0v) is 11.7.